The van der Waals surface area contributed by atoms with E-state index >= 15 is 0 Å². The number of nitrogens with zero attached hydrogens (tertiary/aromatic N) is 2. The van der Waals surface area contributed by atoms with Gasteiger partial charge in [-0.3, -0.25) is 9.59 Å². The lowest BCUT2D eigenvalue weighted by Gasteiger charge is -2.27. The van der Waals surface area contributed by atoms with Gasteiger partial charge in [-0.15, -0.1) is 23.2 Å². The van der Waals surface area contributed by atoms with Crippen LogP contribution in [-0.4, -0.2) is 47.3 Å². The number of benzene rings is 1. The molecule has 0 N–H and O–H groups in total. The van der Waals surface area contributed by atoms with Crippen molar-refractivity contribution < 1.29 is 23.1 Å². The third-order valence-electron chi connectivity index (χ3n) is 5.39. The predicted octanol–water partition coefficient (Wildman–Crippen LogP) is 3.74. The Morgan fingerprint density at radius 3 is 2.59 bits per heavy atom. The second kappa shape index (κ2) is 6.78. The summed E-state index contributed by atoms with van der Waals surface area (Å²) in [6.07, 6.45) is 0.761. The van der Waals surface area contributed by atoms with Gasteiger partial charge in [-0.2, -0.15) is 8.78 Å². The molecule has 1 saturated carbocycles. The number of halogens is 4. The molecule has 5 nitrogen and oxygen atoms in total. The van der Waals surface area contributed by atoms with E-state index in [1.807, 2.05) is 0 Å². The summed E-state index contributed by atoms with van der Waals surface area (Å²) in [5.41, 5.74) is 0.0868. The molecule has 148 valence electrons. The van der Waals surface area contributed by atoms with Gasteiger partial charge in [-0.05, 0) is 38.3 Å². The van der Waals surface area contributed by atoms with E-state index in [9.17, 15) is 18.4 Å². The molecule has 1 aromatic carbocycles. The summed E-state index contributed by atoms with van der Waals surface area (Å²) >= 11 is 12.2. The van der Waals surface area contributed by atoms with Crippen molar-refractivity contribution >= 4 is 40.7 Å². The molecule has 0 spiro atoms. The molecule has 0 bridgehead atoms. The van der Waals surface area contributed by atoms with Crippen LogP contribution in [0, 0.1) is 12.3 Å². The molecule has 9 heteroatoms. The Balaban J connectivity index is 1.76. The zero-order valence-corrected chi connectivity index (χ0v) is 16.7. The third-order valence-corrected chi connectivity index (χ3v) is 6.50. The molecule has 2 aliphatic rings. The van der Waals surface area contributed by atoms with Crippen molar-refractivity contribution in [1.82, 2.24) is 4.90 Å². The highest BCUT2D eigenvalue weighted by Gasteiger charge is 2.69. The zero-order chi connectivity index (χ0) is 20.1. The van der Waals surface area contributed by atoms with Gasteiger partial charge < -0.3 is 14.5 Å². The van der Waals surface area contributed by atoms with Crippen LogP contribution in [0.5, 0.6) is 5.75 Å². The Hall–Kier alpha value is -1.60. The molecule has 2 unspecified atom stereocenters. The molecule has 0 aromatic heterocycles. The number of carbonyl (C=O) groups excluding carboxylic acids is 2. The van der Waals surface area contributed by atoms with Crippen LogP contribution in [0.25, 0.3) is 0 Å². The molecular weight excluding hydrogens is 401 g/mol. The fourth-order valence-corrected chi connectivity index (χ4v) is 4.12. The summed E-state index contributed by atoms with van der Waals surface area (Å²) in [6.45, 7) is 0.734. The van der Waals surface area contributed by atoms with Crippen molar-refractivity contribution in [1.29, 1.82) is 0 Å². The van der Waals surface area contributed by atoms with Gasteiger partial charge in [0.05, 0.1) is 5.41 Å². The van der Waals surface area contributed by atoms with Crippen LogP contribution in [0.2, 0.25) is 0 Å². The summed E-state index contributed by atoms with van der Waals surface area (Å²) in [5, 5.41) is 0. The Bertz CT molecular complexity index is 790. The van der Waals surface area contributed by atoms with Crippen molar-refractivity contribution in [2.24, 2.45) is 5.41 Å². The van der Waals surface area contributed by atoms with Gasteiger partial charge in [0.25, 0.3) is 0 Å². The van der Waals surface area contributed by atoms with Gasteiger partial charge in [0, 0.05) is 25.3 Å². The van der Waals surface area contributed by atoms with E-state index in [2.05, 4.69) is 4.74 Å². The van der Waals surface area contributed by atoms with E-state index in [0.717, 1.165) is 0 Å². The topological polar surface area (TPSA) is 49.9 Å². The number of amides is 2. The molecule has 1 aliphatic heterocycles. The number of aryl methyl sites for hydroxylation is 1. The first-order valence-electron chi connectivity index (χ1n) is 8.50. The third kappa shape index (κ3) is 3.47. The van der Waals surface area contributed by atoms with Crippen LogP contribution in [-0.2, 0) is 9.59 Å². The molecule has 1 heterocycles. The number of alkyl halides is 4. The smallest absolute Gasteiger partial charge is 0.387 e. The van der Waals surface area contributed by atoms with Crippen LogP contribution in [0.3, 0.4) is 0 Å². The number of anilines is 1. The number of rotatable bonds is 5. The molecule has 0 radical (unpaired) electrons. The van der Waals surface area contributed by atoms with Crippen LogP contribution in [0.4, 0.5) is 14.5 Å². The van der Waals surface area contributed by atoms with E-state index in [1.54, 1.807) is 33.0 Å². The molecule has 1 saturated heterocycles. The summed E-state index contributed by atoms with van der Waals surface area (Å²) in [4.78, 5) is 28.4. The average molecular weight is 421 g/mol. The quantitative estimate of drug-likeness (QED) is 0.681. The number of carbonyl (C=O) groups is 2. The van der Waals surface area contributed by atoms with Crippen LogP contribution in [0.1, 0.15) is 25.3 Å². The molecule has 1 aromatic rings. The van der Waals surface area contributed by atoms with Gasteiger partial charge in [0.1, 0.15) is 16.1 Å². The van der Waals surface area contributed by atoms with Gasteiger partial charge in [0.2, 0.25) is 11.8 Å². The van der Waals surface area contributed by atoms with Crippen molar-refractivity contribution in [2.45, 2.75) is 43.7 Å². The van der Waals surface area contributed by atoms with E-state index in [4.69, 9.17) is 23.2 Å². The first kappa shape index (κ1) is 20.1. The predicted molar refractivity (Wildman–Crippen MR) is 98.5 cm³/mol. The van der Waals surface area contributed by atoms with Crippen molar-refractivity contribution in [3.05, 3.63) is 23.8 Å². The Kier molecular flexibility index (Phi) is 5.06. The highest BCUT2D eigenvalue weighted by molar-refractivity contribution is 6.53. The molecular formula is C18H20Cl2F2N2O3. The summed E-state index contributed by atoms with van der Waals surface area (Å²) in [7, 11) is 1.56. The van der Waals surface area contributed by atoms with Crippen molar-refractivity contribution in [3.63, 3.8) is 0 Å². The van der Waals surface area contributed by atoms with Crippen LogP contribution in [0.15, 0.2) is 18.2 Å². The van der Waals surface area contributed by atoms with Gasteiger partial charge >= 0.3 is 6.61 Å². The van der Waals surface area contributed by atoms with E-state index in [1.165, 1.54) is 15.9 Å². The van der Waals surface area contributed by atoms with Crippen molar-refractivity contribution in [3.8, 4) is 5.75 Å². The number of hydrogen-bond donors (Lipinski definition) is 0. The normalized spacial score (nSPS) is 26.4. The highest BCUT2D eigenvalue weighted by Crippen LogP contribution is 2.64. The zero-order valence-electron chi connectivity index (χ0n) is 15.1. The second-order valence-electron chi connectivity index (χ2n) is 7.25. The second-order valence-corrected chi connectivity index (χ2v) is 8.74. The maximum Gasteiger partial charge on any atom is 0.387 e. The average Bonchev–Trinajstić information content (AvgIpc) is 2.90. The maximum atomic E-state index is 12.9. The Labute approximate surface area is 166 Å². The minimum atomic E-state index is -2.95. The standard InChI is InChI=1S/C18H20Cl2F2N2O3/c1-10-4-5-11(8-13(10)27-16(21)22)24-7-6-12(14(24)25)23(3)15(26)17(2)9-18(17,19)20/h4-5,8,12,16H,6-7,9H2,1-3H3. The fraction of sp³-hybridized carbons (Fsp3) is 0.556. The first-order chi connectivity index (χ1) is 12.5. The molecule has 3 rings (SSSR count). The largest absolute Gasteiger partial charge is 0.434 e. The molecule has 1 aliphatic carbocycles. The molecule has 2 fully saturated rings. The lowest BCUT2D eigenvalue weighted by Crippen LogP contribution is -2.46. The number of likely N-dealkylation sites (N-methyl/N-ethyl adjacent to an activating group) is 1. The number of ether oxygens (including phenoxy) is 1. The summed E-state index contributed by atoms with van der Waals surface area (Å²) in [5.74, 6) is -0.544. The first-order valence-corrected chi connectivity index (χ1v) is 9.25. The minimum absolute atomic E-state index is 0.0164. The lowest BCUT2D eigenvalue weighted by molar-refractivity contribution is -0.140. The Morgan fingerprint density at radius 1 is 1.41 bits per heavy atom. The maximum absolute atomic E-state index is 12.9. The van der Waals surface area contributed by atoms with Crippen LogP contribution < -0.4 is 9.64 Å². The minimum Gasteiger partial charge on any atom is -0.434 e. The SMILES string of the molecule is Cc1ccc(N2CCC(N(C)C(=O)C3(C)CC3(Cl)Cl)C2=O)cc1OC(F)F. The lowest BCUT2D eigenvalue weighted by atomic mass is 10.1. The van der Waals surface area contributed by atoms with Crippen LogP contribution >= 0.6 is 23.2 Å². The monoisotopic (exact) mass is 420 g/mol. The fourth-order valence-electron chi connectivity index (χ4n) is 3.42. The van der Waals surface area contributed by atoms with Crippen molar-refractivity contribution in [2.75, 3.05) is 18.5 Å². The van der Waals surface area contributed by atoms with E-state index < -0.39 is 22.4 Å². The van der Waals surface area contributed by atoms with E-state index in [0.29, 0.717) is 30.6 Å². The summed E-state index contributed by atoms with van der Waals surface area (Å²) in [6, 6.07) is 4.04. The molecule has 27 heavy (non-hydrogen) atoms. The Morgan fingerprint density at radius 2 is 2.04 bits per heavy atom. The van der Waals surface area contributed by atoms with E-state index in [-0.39, 0.29) is 17.6 Å². The van der Waals surface area contributed by atoms with Gasteiger partial charge in [-0.25, -0.2) is 0 Å². The summed E-state index contributed by atoms with van der Waals surface area (Å²) < 4.78 is 28.5. The van der Waals surface area contributed by atoms with Gasteiger partial charge in [0.15, 0.2) is 0 Å². The highest BCUT2D eigenvalue weighted by atomic mass is 35.5. The van der Waals surface area contributed by atoms with Gasteiger partial charge in [-0.1, -0.05) is 6.07 Å². The number of hydrogen-bond acceptors (Lipinski definition) is 3. The molecule has 2 amide bonds. The molecule has 2 atom stereocenters.